The minimum Gasteiger partial charge on any atom is -0.387 e. The van der Waals surface area contributed by atoms with Crippen LogP contribution in [0.1, 0.15) is 50.8 Å². The second kappa shape index (κ2) is 7.64. The van der Waals surface area contributed by atoms with Gasteiger partial charge in [0.2, 0.25) is 5.91 Å². The third-order valence-electron chi connectivity index (χ3n) is 4.94. The molecule has 0 aromatic heterocycles. The highest BCUT2D eigenvalue weighted by molar-refractivity contribution is 5.83. The van der Waals surface area contributed by atoms with Crippen LogP contribution in [0.5, 0.6) is 0 Å². The van der Waals surface area contributed by atoms with Crippen LogP contribution >= 0.6 is 0 Å². The van der Waals surface area contributed by atoms with E-state index in [1.165, 1.54) is 5.56 Å². The van der Waals surface area contributed by atoms with Gasteiger partial charge in [-0.15, -0.1) is 0 Å². The quantitative estimate of drug-likeness (QED) is 0.768. The first-order valence-electron chi connectivity index (χ1n) is 8.63. The summed E-state index contributed by atoms with van der Waals surface area (Å²) in [6.45, 7) is 8.06. The maximum Gasteiger partial charge on any atom is 0.227 e. The van der Waals surface area contributed by atoms with Crippen molar-refractivity contribution >= 4 is 5.91 Å². The number of nitrogens with one attached hydrogen (secondary N) is 1. The highest BCUT2D eigenvalue weighted by Gasteiger charge is 2.38. The molecule has 1 heterocycles. The molecule has 0 aliphatic carbocycles. The fraction of sp³-hybridized carbons (Fsp3) is 0.632. The molecule has 1 aromatic carbocycles. The van der Waals surface area contributed by atoms with E-state index in [-0.39, 0.29) is 17.9 Å². The van der Waals surface area contributed by atoms with Crippen LogP contribution in [0, 0.1) is 5.41 Å². The van der Waals surface area contributed by atoms with Gasteiger partial charge in [0.1, 0.15) is 0 Å². The van der Waals surface area contributed by atoms with Crippen LogP contribution < -0.4 is 11.1 Å². The van der Waals surface area contributed by atoms with Crippen LogP contribution in [0.4, 0.5) is 0 Å². The lowest BCUT2D eigenvalue weighted by Gasteiger charge is -2.34. The molecule has 0 radical (unpaired) electrons. The zero-order valence-electron chi connectivity index (χ0n) is 15.0. The maximum atomic E-state index is 12.5. The molecular formula is C19H30N2O3. The van der Waals surface area contributed by atoms with E-state index in [0.29, 0.717) is 32.6 Å². The summed E-state index contributed by atoms with van der Waals surface area (Å²) in [6, 6.07) is 7.90. The average molecular weight is 334 g/mol. The molecule has 4 N–H and O–H groups in total. The van der Waals surface area contributed by atoms with E-state index in [1.807, 2.05) is 24.3 Å². The molecule has 1 aliphatic rings. The van der Waals surface area contributed by atoms with E-state index >= 15 is 0 Å². The van der Waals surface area contributed by atoms with E-state index in [9.17, 15) is 9.90 Å². The van der Waals surface area contributed by atoms with E-state index < -0.39 is 11.5 Å². The van der Waals surface area contributed by atoms with Gasteiger partial charge in [-0.3, -0.25) is 4.79 Å². The van der Waals surface area contributed by atoms with Crippen LogP contribution in [0.15, 0.2) is 24.3 Å². The fourth-order valence-corrected chi connectivity index (χ4v) is 2.99. The number of hydrogen-bond acceptors (Lipinski definition) is 4. The van der Waals surface area contributed by atoms with Crippen LogP contribution in [0.3, 0.4) is 0 Å². The van der Waals surface area contributed by atoms with Crippen LogP contribution in [0.25, 0.3) is 0 Å². The molecule has 2 rings (SSSR count). The summed E-state index contributed by atoms with van der Waals surface area (Å²) in [4.78, 5) is 12.5. The minimum absolute atomic E-state index is 0.0776. The third kappa shape index (κ3) is 4.35. The minimum atomic E-state index is -0.724. The van der Waals surface area contributed by atoms with Crippen LogP contribution in [-0.2, 0) is 14.9 Å². The van der Waals surface area contributed by atoms with E-state index in [1.54, 1.807) is 0 Å². The summed E-state index contributed by atoms with van der Waals surface area (Å²) in [6.07, 6.45) is 0.537. The Morgan fingerprint density at radius 1 is 1.29 bits per heavy atom. The second-order valence-electron chi connectivity index (χ2n) is 7.69. The first kappa shape index (κ1) is 18.9. The molecule has 24 heavy (non-hydrogen) atoms. The lowest BCUT2D eigenvalue weighted by Crippen LogP contribution is -2.49. The number of ether oxygens (including phenoxy) is 1. The van der Waals surface area contributed by atoms with Crippen molar-refractivity contribution < 1.29 is 14.6 Å². The number of rotatable bonds is 5. The van der Waals surface area contributed by atoms with Gasteiger partial charge < -0.3 is 20.9 Å². The smallest absolute Gasteiger partial charge is 0.227 e. The van der Waals surface area contributed by atoms with Gasteiger partial charge in [0.25, 0.3) is 0 Å². The summed E-state index contributed by atoms with van der Waals surface area (Å²) >= 11 is 0. The third-order valence-corrected chi connectivity index (χ3v) is 4.94. The van der Waals surface area contributed by atoms with Crippen molar-refractivity contribution in [2.75, 3.05) is 26.3 Å². The number of carbonyl (C=O) groups excluding carboxylic acids is 1. The molecule has 0 spiro atoms. The molecule has 1 unspecified atom stereocenters. The van der Waals surface area contributed by atoms with Crippen molar-refractivity contribution in [3.8, 4) is 0 Å². The molecule has 5 heteroatoms. The molecule has 1 aromatic rings. The maximum absolute atomic E-state index is 12.5. The molecule has 1 fully saturated rings. The summed E-state index contributed by atoms with van der Waals surface area (Å²) in [5, 5.41) is 13.2. The Hall–Kier alpha value is -1.43. The van der Waals surface area contributed by atoms with Gasteiger partial charge in [-0.05, 0) is 29.4 Å². The standard InChI is InChI=1S/C19H30N2O3/c1-18(2,3)15-6-4-14(5-7-15)16(22)12-21-17(23)19(13-20)8-10-24-11-9-19/h4-7,16,22H,8-13,20H2,1-3H3,(H,21,23). The van der Waals surface area contributed by atoms with Crippen molar-refractivity contribution in [1.29, 1.82) is 0 Å². The predicted molar refractivity (Wildman–Crippen MR) is 94.7 cm³/mol. The van der Waals surface area contributed by atoms with Gasteiger partial charge in [-0.1, -0.05) is 45.0 Å². The number of carbonyl (C=O) groups is 1. The molecule has 0 saturated carbocycles. The lowest BCUT2D eigenvalue weighted by atomic mass is 9.79. The highest BCUT2D eigenvalue weighted by atomic mass is 16.5. The first-order chi connectivity index (χ1) is 11.3. The molecular weight excluding hydrogens is 304 g/mol. The van der Waals surface area contributed by atoms with E-state index in [4.69, 9.17) is 10.5 Å². The predicted octanol–water partition coefficient (Wildman–Crippen LogP) is 1.89. The van der Waals surface area contributed by atoms with E-state index in [2.05, 4.69) is 26.1 Å². The van der Waals surface area contributed by atoms with Gasteiger partial charge in [0.15, 0.2) is 0 Å². The van der Waals surface area contributed by atoms with Gasteiger partial charge in [-0.2, -0.15) is 0 Å². The lowest BCUT2D eigenvalue weighted by molar-refractivity contribution is -0.136. The van der Waals surface area contributed by atoms with Crippen molar-refractivity contribution in [3.63, 3.8) is 0 Å². The normalized spacial score (nSPS) is 18.9. The zero-order chi connectivity index (χ0) is 17.8. The SMILES string of the molecule is CC(C)(C)c1ccc(C(O)CNC(=O)C2(CN)CCOCC2)cc1. The molecule has 1 amide bonds. The first-order valence-corrected chi connectivity index (χ1v) is 8.63. The number of hydrogen-bond donors (Lipinski definition) is 3. The summed E-state index contributed by atoms with van der Waals surface area (Å²) in [5.41, 5.74) is 7.37. The fourth-order valence-electron chi connectivity index (χ4n) is 2.99. The van der Waals surface area contributed by atoms with Crippen molar-refractivity contribution in [2.24, 2.45) is 11.1 Å². The molecule has 5 nitrogen and oxygen atoms in total. The number of aliphatic hydroxyl groups is 1. The van der Waals surface area contributed by atoms with E-state index in [0.717, 1.165) is 5.56 Å². The van der Waals surface area contributed by atoms with Gasteiger partial charge in [0, 0.05) is 26.3 Å². The Morgan fingerprint density at radius 3 is 2.38 bits per heavy atom. The molecule has 1 atom stereocenters. The van der Waals surface area contributed by atoms with Crippen LogP contribution in [0.2, 0.25) is 0 Å². The van der Waals surface area contributed by atoms with Crippen molar-refractivity contribution in [2.45, 2.75) is 45.1 Å². The largest absolute Gasteiger partial charge is 0.387 e. The molecule has 0 bridgehead atoms. The number of amides is 1. The number of aliphatic hydroxyl groups excluding tert-OH is 1. The summed E-state index contributed by atoms with van der Waals surface area (Å²) in [7, 11) is 0. The Labute approximate surface area is 144 Å². The topological polar surface area (TPSA) is 84.6 Å². The monoisotopic (exact) mass is 334 g/mol. The number of benzene rings is 1. The zero-order valence-corrected chi connectivity index (χ0v) is 15.0. The highest BCUT2D eigenvalue weighted by Crippen LogP contribution is 2.30. The van der Waals surface area contributed by atoms with Gasteiger partial charge >= 0.3 is 0 Å². The van der Waals surface area contributed by atoms with Crippen LogP contribution in [-0.4, -0.2) is 37.3 Å². The summed E-state index contributed by atoms with van der Waals surface area (Å²) in [5.74, 6) is -0.0846. The number of nitrogens with two attached hydrogens (primary N) is 1. The van der Waals surface area contributed by atoms with Crippen molar-refractivity contribution in [3.05, 3.63) is 35.4 Å². The Bertz CT molecular complexity index is 543. The Balaban J connectivity index is 1.94. The molecule has 134 valence electrons. The van der Waals surface area contributed by atoms with Gasteiger partial charge in [0.05, 0.1) is 11.5 Å². The second-order valence-corrected chi connectivity index (χ2v) is 7.69. The Kier molecular flexibility index (Phi) is 6.01. The average Bonchev–Trinajstić information content (AvgIpc) is 2.59. The molecule has 1 aliphatic heterocycles. The van der Waals surface area contributed by atoms with Crippen molar-refractivity contribution in [1.82, 2.24) is 5.32 Å². The van der Waals surface area contributed by atoms with Gasteiger partial charge in [-0.25, -0.2) is 0 Å². The Morgan fingerprint density at radius 2 is 1.88 bits per heavy atom. The molecule has 1 saturated heterocycles. The summed E-state index contributed by atoms with van der Waals surface area (Å²) < 4.78 is 5.33.